The fourth-order valence-corrected chi connectivity index (χ4v) is 4.25. The minimum atomic E-state index is -1.79. The summed E-state index contributed by atoms with van der Waals surface area (Å²) in [5.74, 6) is 7.31. The Labute approximate surface area is 120 Å². The quantitative estimate of drug-likeness (QED) is 0.806. The zero-order chi connectivity index (χ0) is 14.8. The Hall–Kier alpha value is -0.767. The van der Waals surface area contributed by atoms with Crippen molar-refractivity contribution in [1.29, 1.82) is 0 Å². The molecular formula is C16H27GeNO. The van der Waals surface area contributed by atoms with Crippen molar-refractivity contribution in [2.45, 2.75) is 49.7 Å². The molecule has 0 fully saturated rings. The number of amides is 1. The molecule has 0 aliphatic carbocycles. The van der Waals surface area contributed by atoms with Gasteiger partial charge in [0, 0.05) is 0 Å². The number of carbonyl (C=O) groups is 1. The Morgan fingerprint density at radius 1 is 1.16 bits per heavy atom. The molecule has 1 N–H and O–H groups in total. The SMILES string of the molecule is C[C@H](c1ccccc1NC(=O)C(C)(C)C)[Ge]([CH3])([CH3])[CH3]. The van der Waals surface area contributed by atoms with Gasteiger partial charge in [-0.2, -0.15) is 0 Å². The molecule has 0 aromatic heterocycles. The summed E-state index contributed by atoms with van der Waals surface area (Å²) in [7, 11) is 0. The number of hydrogen-bond donors (Lipinski definition) is 1. The molecule has 0 unspecified atom stereocenters. The molecule has 19 heavy (non-hydrogen) atoms. The van der Waals surface area contributed by atoms with E-state index in [1.165, 1.54) is 5.56 Å². The molecule has 106 valence electrons. The van der Waals surface area contributed by atoms with Crippen LogP contribution in [0.1, 0.15) is 38.0 Å². The molecule has 0 heterocycles. The second kappa shape index (κ2) is 5.70. The topological polar surface area (TPSA) is 29.1 Å². The van der Waals surface area contributed by atoms with E-state index in [-0.39, 0.29) is 11.3 Å². The second-order valence-electron chi connectivity index (χ2n) is 7.38. The number of anilines is 1. The van der Waals surface area contributed by atoms with Crippen LogP contribution in [0.4, 0.5) is 5.69 Å². The summed E-state index contributed by atoms with van der Waals surface area (Å²) in [4.78, 5) is 12.2. The summed E-state index contributed by atoms with van der Waals surface area (Å²) in [5.41, 5.74) is 1.91. The van der Waals surface area contributed by atoms with E-state index in [1.807, 2.05) is 32.9 Å². The Morgan fingerprint density at radius 3 is 2.16 bits per heavy atom. The Morgan fingerprint density at radius 2 is 1.68 bits per heavy atom. The standard InChI is InChI=1S/C16H27GeNO/c1-12(17(5,6)7)13-10-8-9-11-14(13)18-15(19)16(2,3)4/h8-12H,1-7H3,(H,18,19)/t12-/m1/s1. The fourth-order valence-electron chi connectivity index (χ4n) is 1.76. The van der Waals surface area contributed by atoms with E-state index in [1.54, 1.807) is 0 Å². The third kappa shape index (κ3) is 4.37. The molecule has 0 radical (unpaired) electrons. The molecule has 0 aliphatic rings. The van der Waals surface area contributed by atoms with Crippen molar-refractivity contribution in [3.63, 3.8) is 0 Å². The molecule has 1 atom stereocenters. The molecule has 0 saturated carbocycles. The van der Waals surface area contributed by atoms with Crippen LogP contribution in [-0.4, -0.2) is 19.2 Å². The van der Waals surface area contributed by atoms with Crippen LogP contribution in [0.3, 0.4) is 0 Å². The number of carbonyl (C=O) groups excluding carboxylic acids is 1. The van der Waals surface area contributed by atoms with E-state index in [4.69, 9.17) is 0 Å². The Kier molecular flexibility index (Phi) is 4.88. The predicted octanol–water partition coefficient (Wildman–Crippen LogP) is 4.65. The van der Waals surface area contributed by atoms with Gasteiger partial charge in [-0.25, -0.2) is 0 Å². The first-order chi connectivity index (χ1) is 8.53. The van der Waals surface area contributed by atoms with Crippen LogP contribution in [0.5, 0.6) is 0 Å². The van der Waals surface area contributed by atoms with Crippen molar-refractivity contribution in [2.24, 2.45) is 5.41 Å². The summed E-state index contributed by atoms with van der Waals surface area (Å²) >= 11 is -1.79. The molecule has 3 heteroatoms. The number of nitrogens with one attached hydrogen (secondary N) is 1. The average Bonchev–Trinajstić information content (AvgIpc) is 2.26. The molecule has 1 aromatic carbocycles. The first kappa shape index (κ1) is 16.3. The molecule has 0 saturated heterocycles. The number of rotatable bonds is 3. The van der Waals surface area contributed by atoms with E-state index in [2.05, 4.69) is 41.6 Å². The monoisotopic (exact) mass is 323 g/mol. The number of para-hydroxylation sites is 1. The van der Waals surface area contributed by atoms with Crippen LogP contribution in [-0.2, 0) is 4.79 Å². The maximum atomic E-state index is 12.2. The summed E-state index contributed by atoms with van der Waals surface area (Å²) < 4.78 is 0.566. The molecule has 1 rings (SSSR count). The predicted molar refractivity (Wildman–Crippen MR) is 86.3 cm³/mol. The van der Waals surface area contributed by atoms with Crippen molar-refractivity contribution in [1.82, 2.24) is 0 Å². The average molecular weight is 322 g/mol. The molecule has 1 amide bonds. The third-order valence-electron chi connectivity index (χ3n) is 3.66. The van der Waals surface area contributed by atoms with Gasteiger partial charge in [-0.3, -0.25) is 0 Å². The van der Waals surface area contributed by atoms with Gasteiger partial charge in [0.25, 0.3) is 0 Å². The van der Waals surface area contributed by atoms with Crippen molar-refractivity contribution < 1.29 is 4.79 Å². The van der Waals surface area contributed by atoms with Gasteiger partial charge in [-0.1, -0.05) is 0 Å². The first-order valence-corrected chi connectivity index (χ1v) is 14.4. The zero-order valence-electron chi connectivity index (χ0n) is 13.3. The fraction of sp³-hybridized carbons (Fsp3) is 0.562. The summed E-state index contributed by atoms with van der Waals surface area (Å²) in [5, 5.41) is 3.09. The zero-order valence-corrected chi connectivity index (χ0v) is 15.4. The summed E-state index contributed by atoms with van der Waals surface area (Å²) in [6.45, 7) is 8.11. The van der Waals surface area contributed by atoms with Gasteiger partial charge in [-0.05, 0) is 0 Å². The van der Waals surface area contributed by atoms with E-state index in [9.17, 15) is 4.79 Å². The minimum absolute atomic E-state index is 0.0774. The van der Waals surface area contributed by atoms with Gasteiger partial charge in [0.1, 0.15) is 0 Å². The maximum absolute atomic E-state index is 12.2. The molecule has 0 spiro atoms. The van der Waals surface area contributed by atoms with Crippen LogP contribution in [0.25, 0.3) is 0 Å². The normalized spacial score (nSPS) is 14.1. The molecule has 0 bridgehead atoms. The van der Waals surface area contributed by atoms with Gasteiger partial charge in [-0.15, -0.1) is 0 Å². The van der Waals surface area contributed by atoms with Crippen LogP contribution < -0.4 is 5.32 Å². The molecule has 2 nitrogen and oxygen atoms in total. The van der Waals surface area contributed by atoms with E-state index < -0.39 is 13.3 Å². The number of benzene rings is 1. The van der Waals surface area contributed by atoms with Crippen LogP contribution >= 0.6 is 0 Å². The third-order valence-corrected chi connectivity index (χ3v) is 9.76. The van der Waals surface area contributed by atoms with Gasteiger partial charge in [0.15, 0.2) is 0 Å². The van der Waals surface area contributed by atoms with Crippen LogP contribution in [0.15, 0.2) is 24.3 Å². The number of hydrogen-bond acceptors (Lipinski definition) is 1. The van der Waals surface area contributed by atoms with Gasteiger partial charge < -0.3 is 0 Å². The van der Waals surface area contributed by atoms with Crippen molar-refractivity contribution in [2.75, 3.05) is 5.32 Å². The summed E-state index contributed by atoms with van der Waals surface area (Å²) in [6, 6.07) is 8.22. The van der Waals surface area contributed by atoms with Gasteiger partial charge >= 0.3 is 120 Å². The van der Waals surface area contributed by atoms with Gasteiger partial charge in [0.2, 0.25) is 0 Å². The van der Waals surface area contributed by atoms with E-state index in [0.29, 0.717) is 4.75 Å². The van der Waals surface area contributed by atoms with Crippen molar-refractivity contribution in [3.05, 3.63) is 29.8 Å². The first-order valence-electron chi connectivity index (χ1n) is 6.94. The van der Waals surface area contributed by atoms with Crippen LogP contribution in [0, 0.1) is 5.41 Å². The Balaban J connectivity index is 3.07. The van der Waals surface area contributed by atoms with E-state index in [0.717, 1.165) is 5.69 Å². The second-order valence-corrected chi connectivity index (χ2v) is 19.1. The summed E-state index contributed by atoms with van der Waals surface area (Å²) in [6.07, 6.45) is 0. The van der Waals surface area contributed by atoms with Gasteiger partial charge in [0.05, 0.1) is 0 Å². The Bertz CT molecular complexity index is 455. The van der Waals surface area contributed by atoms with E-state index >= 15 is 0 Å². The van der Waals surface area contributed by atoms with Crippen LogP contribution in [0.2, 0.25) is 17.3 Å². The van der Waals surface area contributed by atoms with Crippen molar-refractivity contribution >= 4 is 24.9 Å². The molecule has 1 aromatic rings. The molecule has 0 aliphatic heterocycles. The van der Waals surface area contributed by atoms with Crippen molar-refractivity contribution in [3.8, 4) is 0 Å². The molecular weight excluding hydrogens is 295 g/mol.